The molecule has 1 aromatic heterocycles. The van der Waals surface area contributed by atoms with Gasteiger partial charge in [-0.3, -0.25) is 4.68 Å². The number of ether oxygens (including phenoxy) is 1. The van der Waals surface area contributed by atoms with E-state index in [9.17, 15) is 0 Å². The number of aryl methyl sites for hydroxylation is 1. The first-order valence-electron chi connectivity index (χ1n) is 4.88. The predicted molar refractivity (Wildman–Crippen MR) is 56.2 cm³/mol. The van der Waals surface area contributed by atoms with Gasteiger partial charge >= 0.3 is 0 Å². The Hall–Kier alpha value is -0.870. The van der Waals surface area contributed by atoms with Crippen molar-refractivity contribution in [1.82, 2.24) is 9.78 Å². The molecule has 0 aromatic carbocycles. The summed E-state index contributed by atoms with van der Waals surface area (Å²) in [6.45, 7) is 7.47. The number of rotatable bonds is 4. The zero-order valence-corrected chi connectivity index (χ0v) is 9.37. The Morgan fingerprint density at radius 3 is 2.64 bits per heavy atom. The monoisotopic (exact) mass is 197 g/mol. The second kappa shape index (κ2) is 4.57. The summed E-state index contributed by atoms with van der Waals surface area (Å²) >= 11 is 0. The number of nitrogens with two attached hydrogens (primary N) is 1. The lowest BCUT2D eigenvalue weighted by molar-refractivity contribution is 0.118. The largest absolute Gasteiger partial charge is 0.377 e. The van der Waals surface area contributed by atoms with Crippen LogP contribution in [-0.4, -0.2) is 23.4 Å². The lowest BCUT2D eigenvalue weighted by Gasteiger charge is -2.10. The molecule has 0 fully saturated rings. The van der Waals surface area contributed by atoms with E-state index in [4.69, 9.17) is 10.5 Å². The predicted octanol–water partition coefficient (Wildman–Crippen LogP) is 1.17. The molecule has 0 aliphatic carbocycles. The van der Waals surface area contributed by atoms with Crippen LogP contribution in [0.5, 0.6) is 0 Å². The molecule has 0 radical (unpaired) electrons. The molecule has 2 N–H and O–H groups in total. The molecule has 0 aliphatic rings. The second-order valence-corrected chi connectivity index (χ2v) is 3.47. The molecule has 1 aromatic rings. The van der Waals surface area contributed by atoms with Gasteiger partial charge < -0.3 is 10.5 Å². The fourth-order valence-electron chi connectivity index (χ4n) is 1.76. The van der Waals surface area contributed by atoms with E-state index >= 15 is 0 Å². The zero-order chi connectivity index (χ0) is 10.7. The maximum atomic E-state index is 5.51. The third-order valence-corrected chi connectivity index (χ3v) is 2.54. The van der Waals surface area contributed by atoms with E-state index < -0.39 is 0 Å². The Labute approximate surface area is 85.0 Å². The minimum atomic E-state index is 0.0986. The van der Waals surface area contributed by atoms with Crippen molar-refractivity contribution in [3.63, 3.8) is 0 Å². The molecule has 0 aliphatic heterocycles. The van der Waals surface area contributed by atoms with Gasteiger partial charge in [0.25, 0.3) is 0 Å². The molecule has 1 atom stereocenters. The number of aromatic nitrogens is 2. The van der Waals surface area contributed by atoms with E-state index in [2.05, 4.69) is 12.0 Å². The van der Waals surface area contributed by atoms with E-state index in [0.29, 0.717) is 6.54 Å². The zero-order valence-electron chi connectivity index (χ0n) is 9.37. The molecule has 0 saturated heterocycles. The molecule has 1 unspecified atom stereocenters. The van der Waals surface area contributed by atoms with Crippen LogP contribution >= 0.6 is 0 Å². The Morgan fingerprint density at radius 2 is 2.14 bits per heavy atom. The van der Waals surface area contributed by atoms with Gasteiger partial charge in [-0.15, -0.1) is 0 Å². The summed E-state index contributed by atoms with van der Waals surface area (Å²) in [4.78, 5) is 0. The highest BCUT2D eigenvalue weighted by Crippen LogP contribution is 2.23. The fraction of sp³-hybridized carbons (Fsp3) is 0.700. The molecule has 14 heavy (non-hydrogen) atoms. The van der Waals surface area contributed by atoms with Gasteiger partial charge in [-0.25, -0.2) is 0 Å². The molecule has 4 heteroatoms. The lowest BCUT2D eigenvalue weighted by Crippen LogP contribution is -2.12. The number of hydrogen-bond acceptors (Lipinski definition) is 3. The van der Waals surface area contributed by atoms with Crippen molar-refractivity contribution in [2.75, 3.05) is 13.7 Å². The summed E-state index contributed by atoms with van der Waals surface area (Å²) in [5.41, 5.74) is 8.87. The summed E-state index contributed by atoms with van der Waals surface area (Å²) in [5.74, 6) is 0. The minimum Gasteiger partial charge on any atom is -0.377 e. The van der Waals surface area contributed by atoms with Gasteiger partial charge in [0.1, 0.15) is 0 Å². The van der Waals surface area contributed by atoms with Gasteiger partial charge in [-0.1, -0.05) is 0 Å². The topological polar surface area (TPSA) is 53.1 Å². The van der Waals surface area contributed by atoms with Gasteiger partial charge in [-0.05, 0) is 20.8 Å². The quantitative estimate of drug-likeness (QED) is 0.788. The smallest absolute Gasteiger partial charge is 0.0828 e. The van der Waals surface area contributed by atoms with Crippen LogP contribution in [0.15, 0.2) is 0 Å². The highest BCUT2D eigenvalue weighted by molar-refractivity contribution is 5.26. The summed E-state index contributed by atoms with van der Waals surface area (Å²) in [6.07, 6.45) is 0.0986. The van der Waals surface area contributed by atoms with Gasteiger partial charge in [-0.2, -0.15) is 5.10 Å². The van der Waals surface area contributed by atoms with Crippen LogP contribution in [0, 0.1) is 13.8 Å². The molecule has 1 heterocycles. The highest BCUT2D eigenvalue weighted by atomic mass is 16.5. The van der Waals surface area contributed by atoms with Crippen LogP contribution in [-0.2, 0) is 11.3 Å². The fourth-order valence-corrected chi connectivity index (χ4v) is 1.76. The molecule has 0 saturated carbocycles. The first kappa shape index (κ1) is 11.2. The summed E-state index contributed by atoms with van der Waals surface area (Å²) in [7, 11) is 1.71. The van der Waals surface area contributed by atoms with Crippen molar-refractivity contribution >= 4 is 0 Å². The standard InChI is InChI=1S/C10H19N3O/c1-7-10(9(3)14-4)8(2)13(12-7)6-5-11/h9H,5-6,11H2,1-4H3. The van der Waals surface area contributed by atoms with E-state index in [-0.39, 0.29) is 6.10 Å². The van der Waals surface area contributed by atoms with Crippen molar-refractivity contribution in [3.05, 3.63) is 17.0 Å². The van der Waals surface area contributed by atoms with Gasteiger partial charge in [0, 0.05) is 24.9 Å². The Morgan fingerprint density at radius 1 is 1.50 bits per heavy atom. The number of nitrogens with zero attached hydrogens (tertiary/aromatic N) is 2. The normalized spacial score (nSPS) is 13.2. The van der Waals surface area contributed by atoms with E-state index in [1.165, 1.54) is 5.56 Å². The third-order valence-electron chi connectivity index (χ3n) is 2.54. The molecule has 1 rings (SSSR count). The van der Waals surface area contributed by atoms with Crippen LogP contribution in [0.25, 0.3) is 0 Å². The van der Waals surface area contributed by atoms with Crippen molar-refractivity contribution in [2.24, 2.45) is 5.73 Å². The SMILES string of the molecule is COC(C)c1c(C)nn(CCN)c1C. The van der Waals surface area contributed by atoms with Gasteiger partial charge in [0.15, 0.2) is 0 Å². The number of hydrogen-bond donors (Lipinski definition) is 1. The molecule has 4 nitrogen and oxygen atoms in total. The highest BCUT2D eigenvalue weighted by Gasteiger charge is 2.16. The van der Waals surface area contributed by atoms with Crippen LogP contribution in [0.2, 0.25) is 0 Å². The Bertz CT molecular complexity index is 307. The lowest BCUT2D eigenvalue weighted by atomic mass is 10.1. The second-order valence-electron chi connectivity index (χ2n) is 3.47. The van der Waals surface area contributed by atoms with Crippen LogP contribution in [0.4, 0.5) is 0 Å². The maximum absolute atomic E-state index is 5.51. The van der Waals surface area contributed by atoms with Crippen LogP contribution in [0.1, 0.15) is 30.0 Å². The Balaban J connectivity index is 3.04. The minimum absolute atomic E-state index is 0.0986. The maximum Gasteiger partial charge on any atom is 0.0828 e. The average molecular weight is 197 g/mol. The molecule has 0 bridgehead atoms. The third kappa shape index (κ3) is 1.96. The van der Waals surface area contributed by atoms with Crippen LogP contribution < -0.4 is 5.73 Å². The first-order chi connectivity index (χ1) is 6.61. The van der Waals surface area contributed by atoms with Crippen molar-refractivity contribution in [2.45, 2.75) is 33.4 Å². The van der Waals surface area contributed by atoms with Crippen molar-refractivity contribution in [3.8, 4) is 0 Å². The van der Waals surface area contributed by atoms with E-state index in [1.807, 2.05) is 18.5 Å². The first-order valence-corrected chi connectivity index (χ1v) is 4.88. The molecule has 0 spiro atoms. The number of methoxy groups -OCH3 is 1. The summed E-state index contributed by atoms with van der Waals surface area (Å²) < 4.78 is 7.25. The van der Waals surface area contributed by atoms with Crippen molar-refractivity contribution < 1.29 is 4.74 Å². The molecular formula is C10H19N3O. The summed E-state index contributed by atoms with van der Waals surface area (Å²) in [5, 5.41) is 4.43. The average Bonchev–Trinajstić information content (AvgIpc) is 2.42. The van der Waals surface area contributed by atoms with Gasteiger partial charge in [0.05, 0.1) is 18.3 Å². The molecule has 80 valence electrons. The summed E-state index contributed by atoms with van der Waals surface area (Å²) in [6, 6.07) is 0. The van der Waals surface area contributed by atoms with Crippen LogP contribution in [0.3, 0.4) is 0 Å². The Kier molecular flexibility index (Phi) is 3.66. The van der Waals surface area contributed by atoms with E-state index in [0.717, 1.165) is 17.9 Å². The van der Waals surface area contributed by atoms with Crippen molar-refractivity contribution in [1.29, 1.82) is 0 Å². The van der Waals surface area contributed by atoms with E-state index in [1.54, 1.807) is 7.11 Å². The molecular weight excluding hydrogens is 178 g/mol. The van der Waals surface area contributed by atoms with Gasteiger partial charge in [0.2, 0.25) is 0 Å². The molecule has 0 amide bonds.